The molecule has 1 heterocycles. The molecule has 0 saturated heterocycles. The van der Waals surface area contributed by atoms with E-state index in [1.807, 2.05) is 26.0 Å². The molecule has 2 N–H and O–H groups in total. The van der Waals surface area contributed by atoms with E-state index < -0.39 is 10.0 Å². The molecule has 4 rings (SSSR count). The van der Waals surface area contributed by atoms with E-state index in [0.717, 1.165) is 21.3 Å². The van der Waals surface area contributed by atoms with Crippen molar-refractivity contribution in [2.75, 3.05) is 10.0 Å². The van der Waals surface area contributed by atoms with Crippen LogP contribution in [-0.4, -0.2) is 13.4 Å². The second-order valence-electron chi connectivity index (χ2n) is 6.97. The number of anilines is 3. The van der Waals surface area contributed by atoms with E-state index in [2.05, 4.69) is 21.1 Å². The minimum Gasteiger partial charge on any atom is -0.329 e. The summed E-state index contributed by atoms with van der Waals surface area (Å²) in [4.78, 5) is 4.50. The van der Waals surface area contributed by atoms with Crippen molar-refractivity contribution >= 4 is 82.9 Å². The number of nitrogens with zero attached hydrogens (tertiary/aromatic N) is 1. The molecule has 5 nitrogen and oxygen atoms in total. The van der Waals surface area contributed by atoms with E-state index in [0.29, 0.717) is 10.8 Å². The molecule has 0 bridgehead atoms. The Balaban J connectivity index is 1.62. The minimum atomic E-state index is -3.92. The summed E-state index contributed by atoms with van der Waals surface area (Å²) in [5, 5.41) is 4.39. The van der Waals surface area contributed by atoms with E-state index >= 15 is 0 Å². The van der Waals surface area contributed by atoms with E-state index in [9.17, 15) is 8.42 Å². The van der Waals surface area contributed by atoms with Crippen molar-refractivity contribution in [2.45, 2.75) is 18.7 Å². The summed E-state index contributed by atoms with van der Waals surface area (Å²) in [6, 6.07) is 13.7. The molecule has 0 aliphatic rings. The van der Waals surface area contributed by atoms with Gasteiger partial charge in [0, 0.05) is 0 Å². The van der Waals surface area contributed by atoms with Gasteiger partial charge < -0.3 is 5.32 Å². The van der Waals surface area contributed by atoms with E-state index in [1.54, 1.807) is 12.1 Å². The summed E-state index contributed by atoms with van der Waals surface area (Å²) >= 11 is 20.4. The van der Waals surface area contributed by atoms with Crippen LogP contribution in [0.25, 0.3) is 10.2 Å². The van der Waals surface area contributed by atoms with Crippen LogP contribution in [0, 0.1) is 13.8 Å². The number of thiazole rings is 1. The summed E-state index contributed by atoms with van der Waals surface area (Å²) in [7, 11) is -3.92. The van der Waals surface area contributed by atoms with Gasteiger partial charge in [0.25, 0.3) is 10.0 Å². The summed E-state index contributed by atoms with van der Waals surface area (Å²) in [5.41, 5.74) is 3.52. The highest BCUT2D eigenvalue weighted by molar-refractivity contribution is 7.92. The average Bonchev–Trinajstić information content (AvgIpc) is 3.05. The van der Waals surface area contributed by atoms with Crippen molar-refractivity contribution < 1.29 is 8.42 Å². The zero-order valence-corrected chi connectivity index (χ0v) is 20.2. The second kappa shape index (κ2) is 8.48. The number of sulfonamides is 1. The van der Waals surface area contributed by atoms with Crippen molar-refractivity contribution in [2.24, 2.45) is 0 Å². The van der Waals surface area contributed by atoms with Gasteiger partial charge in [-0.25, -0.2) is 13.4 Å². The maximum absolute atomic E-state index is 12.8. The predicted octanol–water partition coefficient (Wildman–Crippen LogP) is 7.42. The lowest BCUT2D eigenvalue weighted by molar-refractivity contribution is 0.601. The molecule has 0 saturated carbocycles. The molecule has 0 spiro atoms. The standard InChI is InChI=1S/C21H16Cl3N3O2S2/c1-11-4-6-19(14(22)7-11)31(28,29)27-13-9-15(23)20(16(24)10-13)26-21-25-17-5-3-12(2)8-18(17)30-21/h3-10,27H,1-2H3,(H,25,26). The number of aromatic nitrogens is 1. The number of aryl methyl sites for hydroxylation is 2. The third-order valence-electron chi connectivity index (χ3n) is 4.45. The molecule has 0 aliphatic heterocycles. The van der Waals surface area contributed by atoms with Crippen LogP contribution in [0.15, 0.2) is 53.4 Å². The highest BCUT2D eigenvalue weighted by atomic mass is 35.5. The minimum absolute atomic E-state index is 0.0287. The van der Waals surface area contributed by atoms with Gasteiger partial charge in [0.2, 0.25) is 0 Å². The van der Waals surface area contributed by atoms with Gasteiger partial charge in [0.1, 0.15) is 4.90 Å². The molecular weight excluding hydrogens is 497 g/mol. The number of nitrogens with one attached hydrogen (secondary N) is 2. The van der Waals surface area contributed by atoms with Crippen LogP contribution in [0.2, 0.25) is 15.1 Å². The number of hydrogen-bond acceptors (Lipinski definition) is 5. The molecule has 10 heteroatoms. The topological polar surface area (TPSA) is 71.1 Å². The van der Waals surface area contributed by atoms with Crippen molar-refractivity contribution in [1.29, 1.82) is 0 Å². The molecule has 0 aliphatic carbocycles. The fourth-order valence-corrected chi connectivity index (χ4v) is 6.17. The Kier molecular flexibility index (Phi) is 6.07. The fraction of sp³-hybridized carbons (Fsp3) is 0.0952. The van der Waals surface area contributed by atoms with Gasteiger partial charge >= 0.3 is 0 Å². The van der Waals surface area contributed by atoms with Crippen LogP contribution in [0.4, 0.5) is 16.5 Å². The Morgan fingerprint density at radius 1 is 0.871 bits per heavy atom. The van der Waals surface area contributed by atoms with Gasteiger partial charge in [-0.3, -0.25) is 4.72 Å². The van der Waals surface area contributed by atoms with Gasteiger partial charge in [0.15, 0.2) is 5.13 Å². The monoisotopic (exact) mass is 511 g/mol. The van der Waals surface area contributed by atoms with Crippen molar-refractivity contribution in [1.82, 2.24) is 4.98 Å². The normalized spacial score (nSPS) is 11.6. The number of fused-ring (bicyclic) bond motifs is 1. The smallest absolute Gasteiger partial charge is 0.263 e. The molecular formula is C21H16Cl3N3O2S2. The molecule has 0 fully saturated rings. The fourth-order valence-electron chi connectivity index (χ4n) is 2.98. The van der Waals surface area contributed by atoms with Crippen LogP contribution < -0.4 is 10.0 Å². The SMILES string of the molecule is Cc1ccc(S(=O)(=O)Nc2cc(Cl)c(Nc3nc4ccc(C)cc4s3)c(Cl)c2)c(Cl)c1. The molecule has 1 aromatic heterocycles. The van der Waals surface area contributed by atoms with Gasteiger partial charge in [-0.1, -0.05) is 58.3 Å². The van der Waals surface area contributed by atoms with Crippen molar-refractivity contribution in [3.63, 3.8) is 0 Å². The molecule has 3 aromatic carbocycles. The van der Waals surface area contributed by atoms with Crippen LogP contribution in [-0.2, 0) is 10.0 Å². The molecule has 4 aromatic rings. The Labute approximate surface area is 199 Å². The van der Waals surface area contributed by atoms with Crippen molar-refractivity contribution in [3.05, 3.63) is 74.7 Å². The van der Waals surface area contributed by atoms with E-state index in [-0.39, 0.29) is 25.7 Å². The summed E-state index contributed by atoms with van der Waals surface area (Å²) < 4.78 is 29.0. The second-order valence-corrected chi connectivity index (χ2v) is 10.9. The lowest BCUT2D eigenvalue weighted by Crippen LogP contribution is -2.13. The van der Waals surface area contributed by atoms with Crippen molar-refractivity contribution in [3.8, 4) is 0 Å². The molecule has 31 heavy (non-hydrogen) atoms. The van der Waals surface area contributed by atoms with Crippen LogP contribution >= 0.6 is 46.1 Å². The predicted molar refractivity (Wildman–Crippen MR) is 131 cm³/mol. The third-order valence-corrected chi connectivity index (χ3v) is 7.84. The van der Waals surface area contributed by atoms with Gasteiger partial charge in [-0.2, -0.15) is 0 Å². The number of rotatable bonds is 5. The van der Waals surface area contributed by atoms with Crippen LogP contribution in [0.3, 0.4) is 0 Å². The van der Waals surface area contributed by atoms with Crippen LogP contribution in [0.5, 0.6) is 0 Å². The van der Waals surface area contributed by atoms with Gasteiger partial charge in [0.05, 0.1) is 36.7 Å². The zero-order chi connectivity index (χ0) is 22.3. The summed E-state index contributed by atoms with van der Waals surface area (Å²) in [5.74, 6) is 0. The summed E-state index contributed by atoms with van der Waals surface area (Å²) in [6.07, 6.45) is 0. The maximum atomic E-state index is 12.8. The Morgan fingerprint density at radius 3 is 2.19 bits per heavy atom. The molecule has 0 amide bonds. The first-order chi connectivity index (χ1) is 14.6. The first-order valence-corrected chi connectivity index (χ1v) is 12.5. The van der Waals surface area contributed by atoms with Gasteiger partial charge in [-0.15, -0.1) is 0 Å². The van der Waals surface area contributed by atoms with E-state index in [1.165, 1.54) is 29.5 Å². The number of benzene rings is 3. The lowest BCUT2D eigenvalue weighted by atomic mass is 10.2. The average molecular weight is 513 g/mol. The highest BCUT2D eigenvalue weighted by Crippen LogP contribution is 2.38. The highest BCUT2D eigenvalue weighted by Gasteiger charge is 2.20. The Morgan fingerprint density at radius 2 is 1.52 bits per heavy atom. The largest absolute Gasteiger partial charge is 0.329 e. The first-order valence-electron chi connectivity index (χ1n) is 9.04. The molecule has 0 radical (unpaired) electrons. The third kappa shape index (κ3) is 4.76. The van der Waals surface area contributed by atoms with Crippen LogP contribution in [0.1, 0.15) is 11.1 Å². The molecule has 0 atom stereocenters. The Hall–Kier alpha value is -2.03. The quantitative estimate of drug-likeness (QED) is 0.292. The molecule has 160 valence electrons. The summed E-state index contributed by atoms with van der Waals surface area (Å²) in [6.45, 7) is 3.84. The van der Waals surface area contributed by atoms with E-state index in [4.69, 9.17) is 34.8 Å². The molecule has 0 unspecified atom stereocenters. The van der Waals surface area contributed by atoms with Gasteiger partial charge in [-0.05, 0) is 61.4 Å². The maximum Gasteiger partial charge on any atom is 0.263 e. The zero-order valence-electron chi connectivity index (χ0n) is 16.3. The number of hydrogen-bond donors (Lipinski definition) is 2. The lowest BCUT2D eigenvalue weighted by Gasteiger charge is -2.13. The number of halogens is 3. The first kappa shape index (κ1) is 22.2. The Bertz CT molecular complexity index is 1400.